The number of carbonyl (C=O) groups is 2. The molecule has 0 spiro atoms. The lowest BCUT2D eigenvalue weighted by atomic mass is 9.64. The fourth-order valence-corrected chi connectivity index (χ4v) is 4.21. The van der Waals surface area contributed by atoms with Crippen LogP contribution in [0.15, 0.2) is 12.2 Å². The summed E-state index contributed by atoms with van der Waals surface area (Å²) >= 11 is 5.76. The van der Waals surface area contributed by atoms with E-state index in [1.165, 1.54) is 0 Å². The molecular formula is C15H20ClNO4. The number of rotatable bonds is 4. The van der Waals surface area contributed by atoms with E-state index < -0.39 is 29.1 Å². The van der Waals surface area contributed by atoms with Gasteiger partial charge in [0.1, 0.15) is 0 Å². The first kappa shape index (κ1) is 14.9. The third-order valence-corrected chi connectivity index (χ3v) is 5.47. The highest BCUT2D eigenvalue weighted by atomic mass is 35.5. The Morgan fingerprint density at radius 2 is 2.33 bits per heavy atom. The molecule has 1 aliphatic carbocycles. The summed E-state index contributed by atoms with van der Waals surface area (Å²) in [6, 6.07) is 0. The minimum absolute atomic E-state index is 0.138. The van der Waals surface area contributed by atoms with Crippen molar-refractivity contribution in [2.24, 2.45) is 11.8 Å². The van der Waals surface area contributed by atoms with Gasteiger partial charge < -0.3 is 15.2 Å². The second-order valence-electron chi connectivity index (χ2n) is 6.29. The molecule has 1 amide bonds. The molecule has 2 fully saturated rings. The molecule has 0 radical (unpaired) electrons. The first-order valence-corrected chi connectivity index (χ1v) is 7.97. The van der Waals surface area contributed by atoms with Gasteiger partial charge in [-0.2, -0.15) is 0 Å². The van der Waals surface area contributed by atoms with Gasteiger partial charge in [-0.1, -0.05) is 12.2 Å². The summed E-state index contributed by atoms with van der Waals surface area (Å²) < 4.78 is 5.34. The Labute approximate surface area is 128 Å². The summed E-state index contributed by atoms with van der Waals surface area (Å²) in [5, 5.41) is 13.5. The van der Waals surface area contributed by atoms with Crippen LogP contribution in [0.3, 0.4) is 0 Å². The summed E-state index contributed by atoms with van der Waals surface area (Å²) in [6.07, 6.45) is 6.17. The van der Waals surface area contributed by atoms with Gasteiger partial charge in [0.25, 0.3) is 0 Å². The second-order valence-corrected chi connectivity index (χ2v) is 6.67. The minimum Gasteiger partial charge on any atom is -0.453 e. The summed E-state index contributed by atoms with van der Waals surface area (Å²) in [5.41, 5.74) is -2.34. The number of carbonyl (C=O) groups excluding carboxylic acids is 2. The lowest BCUT2D eigenvalue weighted by Gasteiger charge is -2.54. The van der Waals surface area contributed by atoms with Crippen molar-refractivity contribution in [3.63, 3.8) is 0 Å². The maximum atomic E-state index is 12.2. The Bertz CT molecular complexity index is 508. The Balaban J connectivity index is 1.94. The van der Waals surface area contributed by atoms with Crippen LogP contribution in [0.1, 0.15) is 32.6 Å². The monoisotopic (exact) mass is 313 g/mol. The average molecular weight is 314 g/mol. The lowest BCUT2D eigenvalue weighted by molar-refractivity contribution is -0.238. The SMILES string of the molecule is C[C@@]12OC(=O)C1([C@H](O)[C@H]1C=CCCC1)NC(=O)[C@H]2CCCl. The molecule has 0 saturated carbocycles. The molecule has 2 aliphatic heterocycles. The van der Waals surface area contributed by atoms with E-state index >= 15 is 0 Å². The number of aliphatic hydroxyl groups excluding tert-OH is 1. The van der Waals surface area contributed by atoms with Crippen LogP contribution in [0.25, 0.3) is 0 Å². The molecule has 2 heterocycles. The first-order valence-electron chi connectivity index (χ1n) is 7.43. The topological polar surface area (TPSA) is 75.6 Å². The smallest absolute Gasteiger partial charge is 0.339 e. The van der Waals surface area contributed by atoms with Gasteiger partial charge in [-0.25, -0.2) is 4.79 Å². The van der Waals surface area contributed by atoms with Crippen molar-refractivity contribution in [1.29, 1.82) is 0 Å². The van der Waals surface area contributed by atoms with E-state index in [-0.39, 0.29) is 11.8 Å². The number of ether oxygens (including phenoxy) is 1. The number of esters is 1. The molecule has 116 valence electrons. The molecule has 0 aromatic carbocycles. The largest absolute Gasteiger partial charge is 0.453 e. The Morgan fingerprint density at radius 3 is 2.90 bits per heavy atom. The van der Waals surface area contributed by atoms with E-state index in [9.17, 15) is 14.7 Å². The van der Waals surface area contributed by atoms with Crippen LogP contribution >= 0.6 is 11.6 Å². The van der Waals surface area contributed by atoms with E-state index in [4.69, 9.17) is 16.3 Å². The van der Waals surface area contributed by atoms with Gasteiger partial charge in [-0.15, -0.1) is 11.6 Å². The van der Waals surface area contributed by atoms with Crippen molar-refractivity contribution in [3.05, 3.63) is 12.2 Å². The number of hydrogen-bond acceptors (Lipinski definition) is 4. The van der Waals surface area contributed by atoms with Gasteiger partial charge in [-0.3, -0.25) is 4.79 Å². The zero-order valence-corrected chi connectivity index (χ0v) is 12.7. The summed E-state index contributed by atoms with van der Waals surface area (Å²) in [5.74, 6) is -1.14. The van der Waals surface area contributed by atoms with Gasteiger partial charge in [0.05, 0.1) is 12.0 Å². The van der Waals surface area contributed by atoms with Crippen molar-refractivity contribution in [2.45, 2.75) is 49.9 Å². The third-order valence-electron chi connectivity index (χ3n) is 5.25. The summed E-state index contributed by atoms with van der Waals surface area (Å²) in [6.45, 7) is 1.72. The zero-order chi connectivity index (χ0) is 15.3. The normalized spacial score (nSPS) is 42.8. The van der Waals surface area contributed by atoms with Crippen LogP contribution in [0.4, 0.5) is 0 Å². The Kier molecular flexibility index (Phi) is 3.53. The number of alkyl halides is 1. The van der Waals surface area contributed by atoms with E-state index in [1.807, 2.05) is 12.2 Å². The maximum Gasteiger partial charge on any atom is 0.339 e. The van der Waals surface area contributed by atoms with Gasteiger partial charge in [0, 0.05) is 11.8 Å². The highest BCUT2D eigenvalue weighted by Crippen LogP contribution is 2.53. The summed E-state index contributed by atoms with van der Waals surface area (Å²) in [4.78, 5) is 24.4. The van der Waals surface area contributed by atoms with E-state index in [2.05, 4.69) is 5.32 Å². The quantitative estimate of drug-likeness (QED) is 0.463. The zero-order valence-electron chi connectivity index (χ0n) is 12.0. The average Bonchev–Trinajstić information content (AvgIpc) is 2.65. The molecule has 6 heteroatoms. The molecule has 0 bridgehead atoms. The maximum absolute atomic E-state index is 12.2. The Morgan fingerprint density at radius 1 is 1.57 bits per heavy atom. The molecule has 3 aliphatic rings. The number of allylic oxidation sites excluding steroid dienone is 1. The number of halogens is 1. The van der Waals surface area contributed by atoms with Crippen molar-refractivity contribution >= 4 is 23.5 Å². The third kappa shape index (κ3) is 1.80. The van der Waals surface area contributed by atoms with Crippen molar-refractivity contribution < 1.29 is 19.4 Å². The van der Waals surface area contributed by atoms with Gasteiger partial charge in [0.2, 0.25) is 11.4 Å². The Hall–Kier alpha value is -1.07. The van der Waals surface area contributed by atoms with Crippen LogP contribution < -0.4 is 5.32 Å². The first-order chi connectivity index (χ1) is 9.97. The minimum atomic E-state index is -1.33. The second kappa shape index (κ2) is 4.99. The molecular weight excluding hydrogens is 294 g/mol. The van der Waals surface area contributed by atoms with Crippen LogP contribution in [0, 0.1) is 11.8 Å². The number of amides is 1. The van der Waals surface area contributed by atoms with Crippen molar-refractivity contribution in [3.8, 4) is 0 Å². The molecule has 1 unspecified atom stereocenters. The van der Waals surface area contributed by atoms with E-state index in [1.54, 1.807) is 6.92 Å². The van der Waals surface area contributed by atoms with E-state index in [0.717, 1.165) is 19.3 Å². The predicted molar refractivity (Wildman–Crippen MR) is 76.7 cm³/mol. The summed E-state index contributed by atoms with van der Waals surface area (Å²) in [7, 11) is 0. The fourth-order valence-electron chi connectivity index (χ4n) is 3.99. The van der Waals surface area contributed by atoms with Crippen LogP contribution in [-0.4, -0.2) is 40.1 Å². The highest BCUT2D eigenvalue weighted by Gasteiger charge is 2.79. The number of hydrogen-bond donors (Lipinski definition) is 2. The van der Waals surface area contributed by atoms with Gasteiger partial charge >= 0.3 is 5.97 Å². The van der Waals surface area contributed by atoms with E-state index in [0.29, 0.717) is 12.3 Å². The number of fused-ring (bicyclic) bond motifs is 1. The molecule has 5 nitrogen and oxygen atoms in total. The van der Waals surface area contributed by atoms with Gasteiger partial charge in [0.15, 0.2) is 5.60 Å². The standard InChI is InChI=1S/C15H20ClNO4/c1-14-10(7-8-16)12(19)17-15(14,13(20)21-14)11(18)9-5-3-2-4-6-9/h3,5,9-11,18H,2,4,6-8H2,1H3,(H,17,19)/t9-,10+,11+,14-,15?/m0/s1. The molecule has 5 atom stereocenters. The lowest BCUT2D eigenvalue weighted by Crippen LogP contribution is -2.80. The number of nitrogens with one attached hydrogen (secondary N) is 1. The predicted octanol–water partition coefficient (Wildman–Crippen LogP) is 1.13. The van der Waals surface area contributed by atoms with Crippen molar-refractivity contribution in [2.75, 3.05) is 5.88 Å². The molecule has 3 rings (SSSR count). The van der Waals surface area contributed by atoms with Crippen LogP contribution in [-0.2, 0) is 14.3 Å². The van der Waals surface area contributed by atoms with Crippen molar-refractivity contribution in [1.82, 2.24) is 5.32 Å². The molecule has 21 heavy (non-hydrogen) atoms. The molecule has 0 aromatic heterocycles. The molecule has 0 aromatic rings. The molecule has 2 N–H and O–H groups in total. The van der Waals surface area contributed by atoms with Crippen LogP contribution in [0.5, 0.6) is 0 Å². The van der Waals surface area contributed by atoms with Gasteiger partial charge in [-0.05, 0) is 32.6 Å². The molecule has 2 saturated heterocycles. The fraction of sp³-hybridized carbons (Fsp3) is 0.733. The number of aliphatic hydroxyl groups is 1. The van der Waals surface area contributed by atoms with Crippen LogP contribution in [0.2, 0.25) is 0 Å². The highest BCUT2D eigenvalue weighted by molar-refractivity contribution is 6.18.